The van der Waals surface area contributed by atoms with Crippen LogP contribution in [-0.2, 0) is 14.3 Å². The van der Waals surface area contributed by atoms with Crippen molar-refractivity contribution in [1.82, 2.24) is 4.90 Å². The van der Waals surface area contributed by atoms with Gasteiger partial charge in [0.05, 0.1) is 13.0 Å². The zero-order valence-electron chi connectivity index (χ0n) is 8.74. The highest BCUT2D eigenvalue weighted by molar-refractivity contribution is 5.82. The van der Waals surface area contributed by atoms with Gasteiger partial charge in [-0.2, -0.15) is 0 Å². The maximum Gasteiger partial charge on any atom is 0.310 e. The molecular weight excluding hydrogens is 182 g/mol. The van der Waals surface area contributed by atoms with E-state index >= 15 is 0 Å². The quantitative estimate of drug-likeness (QED) is 0.480. The topological polar surface area (TPSA) is 46.6 Å². The van der Waals surface area contributed by atoms with Crippen LogP contribution < -0.4 is 0 Å². The number of hydrogen-bond acceptors (Lipinski definition) is 3. The average molecular weight is 197 g/mol. The number of esters is 1. The van der Waals surface area contributed by atoms with Gasteiger partial charge in [-0.05, 0) is 0 Å². The Labute approximate surface area is 84.2 Å². The molecule has 0 rings (SSSR count). The summed E-state index contributed by atoms with van der Waals surface area (Å²) in [6, 6.07) is 0. The molecule has 0 radical (unpaired) electrons. The molecule has 0 heterocycles. The second-order valence-electron chi connectivity index (χ2n) is 3.12. The van der Waals surface area contributed by atoms with Gasteiger partial charge in [-0.1, -0.05) is 0 Å². The van der Waals surface area contributed by atoms with Crippen molar-refractivity contribution in [3.63, 3.8) is 0 Å². The van der Waals surface area contributed by atoms with Crippen LogP contribution in [-0.4, -0.2) is 38.0 Å². The third-order valence-electron chi connectivity index (χ3n) is 1.82. The molecule has 0 saturated heterocycles. The van der Waals surface area contributed by atoms with Gasteiger partial charge in [-0.25, -0.2) is 0 Å². The van der Waals surface area contributed by atoms with Crippen molar-refractivity contribution in [1.29, 1.82) is 0 Å². The van der Waals surface area contributed by atoms with Crippen molar-refractivity contribution >= 4 is 11.9 Å². The zero-order valence-corrected chi connectivity index (χ0v) is 8.74. The Morgan fingerprint density at radius 2 is 2.07 bits per heavy atom. The summed E-state index contributed by atoms with van der Waals surface area (Å²) >= 11 is 0. The van der Waals surface area contributed by atoms with Crippen LogP contribution in [0.4, 0.5) is 0 Å². The van der Waals surface area contributed by atoms with E-state index in [0.717, 1.165) is 0 Å². The van der Waals surface area contributed by atoms with Crippen LogP contribution in [0.15, 0.2) is 0 Å². The molecule has 0 saturated carbocycles. The van der Waals surface area contributed by atoms with Gasteiger partial charge in [0.25, 0.3) is 0 Å². The van der Waals surface area contributed by atoms with Gasteiger partial charge >= 0.3 is 5.97 Å². The van der Waals surface area contributed by atoms with Crippen LogP contribution in [0.2, 0.25) is 0 Å². The molecular formula is C10H15NO3. The minimum Gasteiger partial charge on any atom is -0.469 e. The van der Waals surface area contributed by atoms with Crippen LogP contribution in [0.3, 0.4) is 0 Å². The van der Waals surface area contributed by atoms with Crippen molar-refractivity contribution in [2.75, 3.05) is 21.2 Å². The first-order valence-electron chi connectivity index (χ1n) is 4.24. The monoisotopic (exact) mass is 197 g/mol. The first-order chi connectivity index (χ1) is 6.52. The van der Waals surface area contributed by atoms with E-state index in [1.165, 1.54) is 12.0 Å². The Balaban J connectivity index is 4.31. The fourth-order valence-corrected chi connectivity index (χ4v) is 0.941. The highest BCUT2D eigenvalue weighted by Gasteiger charge is 2.22. The summed E-state index contributed by atoms with van der Waals surface area (Å²) in [7, 11) is 4.55. The molecule has 0 N–H and O–H groups in total. The van der Waals surface area contributed by atoms with Gasteiger partial charge in [0.2, 0.25) is 5.91 Å². The van der Waals surface area contributed by atoms with E-state index < -0.39 is 11.9 Å². The molecule has 14 heavy (non-hydrogen) atoms. The second kappa shape index (κ2) is 6.03. The van der Waals surface area contributed by atoms with Gasteiger partial charge in [0, 0.05) is 26.9 Å². The number of carbonyl (C=O) groups excluding carboxylic acids is 2. The lowest BCUT2D eigenvalue weighted by molar-refractivity contribution is -0.148. The van der Waals surface area contributed by atoms with Gasteiger partial charge in [0.15, 0.2) is 0 Å². The van der Waals surface area contributed by atoms with Gasteiger partial charge < -0.3 is 9.64 Å². The predicted octanol–water partition coefficient (Wildman–Crippen LogP) is 0.277. The van der Waals surface area contributed by atoms with Crippen LogP contribution in [0.5, 0.6) is 0 Å². The lowest BCUT2D eigenvalue weighted by Crippen LogP contribution is -2.27. The van der Waals surface area contributed by atoms with E-state index in [9.17, 15) is 9.59 Å². The number of carbonyl (C=O) groups is 2. The molecule has 0 aromatic rings. The molecule has 0 bridgehead atoms. The van der Waals surface area contributed by atoms with Crippen molar-refractivity contribution in [2.45, 2.75) is 12.8 Å². The van der Waals surface area contributed by atoms with Crippen LogP contribution in [0, 0.1) is 18.3 Å². The summed E-state index contributed by atoms with van der Waals surface area (Å²) in [4.78, 5) is 23.9. The average Bonchev–Trinajstić information content (AvgIpc) is 2.15. The number of amides is 1. The zero-order chi connectivity index (χ0) is 11.1. The third kappa shape index (κ3) is 3.94. The Bertz CT molecular complexity index is 253. The summed E-state index contributed by atoms with van der Waals surface area (Å²) in [5, 5.41) is 0. The smallest absolute Gasteiger partial charge is 0.310 e. The summed E-state index contributed by atoms with van der Waals surface area (Å²) in [6.45, 7) is 0. The highest BCUT2D eigenvalue weighted by Crippen LogP contribution is 2.11. The summed E-state index contributed by atoms with van der Waals surface area (Å²) < 4.78 is 4.54. The standard InChI is InChI=1S/C10H15NO3/c1-5-6-8(10(13)14-4)7-9(12)11(2)3/h1,8H,6-7H2,2-4H3/t8-/m1/s1. The Hall–Kier alpha value is -1.50. The second-order valence-corrected chi connectivity index (χ2v) is 3.12. The van der Waals surface area contributed by atoms with Crippen molar-refractivity contribution < 1.29 is 14.3 Å². The molecule has 4 heteroatoms. The van der Waals surface area contributed by atoms with Crippen molar-refractivity contribution in [2.24, 2.45) is 5.92 Å². The molecule has 0 spiro atoms. The number of rotatable bonds is 4. The predicted molar refractivity (Wildman–Crippen MR) is 52.3 cm³/mol. The molecule has 1 amide bonds. The molecule has 0 aliphatic heterocycles. The number of nitrogens with zero attached hydrogens (tertiary/aromatic N) is 1. The normalized spacial score (nSPS) is 11.3. The van der Waals surface area contributed by atoms with E-state index in [0.29, 0.717) is 0 Å². The van der Waals surface area contributed by atoms with Crippen molar-refractivity contribution in [3.8, 4) is 12.3 Å². The van der Waals surface area contributed by atoms with E-state index in [-0.39, 0.29) is 18.7 Å². The lowest BCUT2D eigenvalue weighted by Gasteiger charge is -2.14. The molecule has 4 nitrogen and oxygen atoms in total. The molecule has 0 aliphatic rings. The third-order valence-corrected chi connectivity index (χ3v) is 1.82. The first kappa shape index (κ1) is 12.5. The molecule has 0 aromatic heterocycles. The molecule has 0 unspecified atom stereocenters. The molecule has 0 aromatic carbocycles. The number of hydrogen-bond donors (Lipinski definition) is 0. The summed E-state index contributed by atoms with van der Waals surface area (Å²) in [6.07, 6.45) is 5.42. The van der Waals surface area contributed by atoms with E-state index in [2.05, 4.69) is 10.7 Å². The maximum absolute atomic E-state index is 11.3. The SMILES string of the molecule is C#CC[C@H](CC(=O)N(C)C)C(=O)OC. The van der Waals surface area contributed by atoms with E-state index in [1.54, 1.807) is 14.1 Å². The fraction of sp³-hybridized carbons (Fsp3) is 0.600. The first-order valence-corrected chi connectivity index (χ1v) is 4.24. The Morgan fingerprint density at radius 3 is 2.43 bits per heavy atom. The fourth-order valence-electron chi connectivity index (χ4n) is 0.941. The number of methoxy groups -OCH3 is 1. The van der Waals surface area contributed by atoms with Gasteiger partial charge in [0.1, 0.15) is 0 Å². The van der Waals surface area contributed by atoms with E-state index in [4.69, 9.17) is 6.42 Å². The minimum absolute atomic E-state index is 0.101. The molecule has 0 aliphatic carbocycles. The van der Waals surface area contributed by atoms with Crippen LogP contribution in [0.1, 0.15) is 12.8 Å². The maximum atomic E-state index is 11.3. The van der Waals surface area contributed by atoms with E-state index in [1.807, 2.05) is 0 Å². The summed E-state index contributed by atoms with van der Waals surface area (Å²) in [5.74, 6) is 1.27. The molecule has 1 atom stereocenters. The largest absolute Gasteiger partial charge is 0.469 e. The molecule has 78 valence electrons. The van der Waals surface area contributed by atoms with Gasteiger partial charge in [-0.15, -0.1) is 12.3 Å². The summed E-state index contributed by atoms with van der Waals surface area (Å²) in [5.41, 5.74) is 0. The van der Waals surface area contributed by atoms with Crippen molar-refractivity contribution in [3.05, 3.63) is 0 Å². The lowest BCUT2D eigenvalue weighted by atomic mass is 10.0. The Morgan fingerprint density at radius 1 is 1.50 bits per heavy atom. The number of terminal acetylenes is 1. The van der Waals surface area contributed by atoms with Crippen LogP contribution in [0.25, 0.3) is 0 Å². The van der Waals surface area contributed by atoms with Crippen LogP contribution >= 0.6 is 0 Å². The Kier molecular flexibility index (Phi) is 5.38. The minimum atomic E-state index is -0.528. The highest BCUT2D eigenvalue weighted by atomic mass is 16.5. The van der Waals surface area contributed by atoms with Gasteiger partial charge in [-0.3, -0.25) is 9.59 Å². The number of ether oxygens (including phenoxy) is 1. The molecule has 0 fully saturated rings.